The predicted molar refractivity (Wildman–Crippen MR) is 80.3 cm³/mol. The molecule has 1 aromatic carbocycles. The molecular weight excluding hydrogens is 287 g/mol. The number of nitrogens with zero attached hydrogens (tertiary/aromatic N) is 3. The molecule has 0 bridgehead atoms. The van der Waals surface area contributed by atoms with Gasteiger partial charge in [0.2, 0.25) is 5.91 Å². The van der Waals surface area contributed by atoms with Crippen LogP contribution in [-0.2, 0) is 11.8 Å². The molecule has 3 amide bonds. The average Bonchev–Trinajstić information content (AvgIpc) is 2.74. The van der Waals surface area contributed by atoms with Crippen LogP contribution in [0.3, 0.4) is 0 Å². The summed E-state index contributed by atoms with van der Waals surface area (Å²) in [6, 6.07) is 2.68. The van der Waals surface area contributed by atoms with E-state index in [-0.39, 0.29) is 30.6 Å². The van der Waals surface area contributed by atoms with Gasteiger partial charge in [-0.2, -0.15) is 5.10 Å². The zero-order valence-corrected chi connectivity index (χ0v) is 12.7. The number of halogens is 1. The van der Waals surface area contributed by atoms with Gasteiger partial charge < -0.3 is 0 Å². The quantitative estimate of drug-likeness (QED) is 0.925. The first-order chi connectivity index (χ1) is 10.4. The summed E-state index contributed by atoms with van der Waals surface area (Å²) in [5.74, 6) is -0.107. The number of rotatable bonds is 2. The van der Waals surface area contributed by atoms with Crippen LogP contribution in [0.4, 0.5) is 15.0 Å². The van der Waals surface area contributed by atoms with Gasteiger partial charge in [-0.3, -0.25) is 19.7 Å². The Hall–Kier alpha value is -2.44. The minimum absolute atomic E-state index is 0.0224. The van der Waals surface area contributed by atoms with Crippen molar-refractivity contribution < 1.29 is 14.0 Å². The van der Waals surface area contributed by atoms with E-state index in [1.165, 1.54) is 11.0 Å². The number of nitrogens with one attached hydrogen (secondary N) is 1. The summed E-state index contributed by atoms with van der Waals surface area (Å²) in [7, 11) is 1.70. The first-order valence-electron chi connectivity index (χ1n) is 7.16. The Morgan fingerprint density at radius 1 is 1.32 bits per heavy atom. The Bertz CT molecular complexity index is 781. The Morgan fingerprint density at radius 2 is 2.05 bits per heavy atom. The molecule has 7 heteroatoms. The number of hydrogen-bond donors (Lipinski definition) is 1. The second-order valence-corrected chi connectivity index (χ2v) is 5.75. The molecule has 22 heavy (non-hydrogen) atoms. The Balaban J connectivity index is 2.16. The third-order valence-corrected chi connectivity index (χ3v) is 3.88. The third kappa shape index (κ3) is 2.22. The molecule has 0 aliphatic carbocycles. The van der Waals surface area contributed by atoms with Gasteiger partial charge in [0.1, 0.15) is 5.82 Å². The first-order valence-corrected chi connectivity index (χ1v) is 7.16. The van der Waals surface area contributed by atoms with Gasteiger partial charge in [0.05, 0.1) is 5.52 Å². The first kappa shape index (κ1) is 14.5. The van der Waals surface area contributed by atoms with E-state index in [0.29, 0.717) is 22.3 Å². The molecule has 1 saturated heterocycles. The van der Waals surface area contributed by atoms with Crippen molar-refractivity contribution in [2.45, 2.75) is 26.2 Å². The number of hydrogen-bond acceptors (Lipinski definition) is 3. The molecule has 0 spiro atoms. The van der Waals surface area contributed by atoms with E-state index >= 15 is 0 Å². The van der Waals surface area contributed by atoms with Gasteiger partial charge in [0, 0.05) is 31.5 Å². The van der Waals surface area contributed by atoms with Crippen LogP contribution < -0.4 is 10.2 Å². The largest absolute Gasteiger partial charge is 0.329 e. The standard InChI is InChI=1S/C15H17FN4O2/c1-8(2)9-6-10-12(7-11(9)16)19(3)18-14(10)20-5-4-13(21)17-15(20)22/h6-8H,4-5H2,1-3H3,(H,17,21,22). The van der Waals surface area contributed by atoms with Crippen LogP contribution in [0.5, 0.6) is 0 Å². The molecule has 2 aromatic rings. The lowest BCUT2D eigenvalue weighted by Gasteiger charge is -2.24. The summed E-state index contributed by atoms with van der Waals surface area (Å²) in [6.45, 7) is 4.09. The molecule has 116 valence electrons. The summed E-state index contributed by atoms with van der Waals surface area (Å²) in [5, 5.41) is 7.32. The molecule has 0 unspecified atom stereocenters. The number of aryl methyl sites for hydroxylation is 1. The maximum Gasteiger partial charge on any atom is 0.329 e. The summed E-state index contributed by atoms with van der Waals surface area (Å²) < 4.78 is 15.7. The summed E-state index contributed by atoms with van der Waals surface area (Å²) in [6.07, 6.45) is 0.224. The lowest BCUT2D eigenvalue weighted by molar-refractivity contribution is -0.120. The van der Waals surface area contributed by atoms with Crippen molar-refractivity contribution in [3.8, 4) is 0 Å². The van der Waals surface area contributed by atoms with Crippen LogP contribution in [-0.4, -0.2) is 28.3 Å². The number of carbonyl (C=O) groups excluding carboxylic acids is 2. The minimum atomic E-state index is -0.494. The fourth-order valence-corrected chi connectivity index (χ4v) is 2.68. The number of amides is 3. The van der Waals surface area contributed by atoms with E-state index in [4.69, 9.17) is 0 Å². The van der Waals surface area contributed by atoms with Crippen LogP contribution in [0.2, 0.25) is 0 Å². The highest BCUT2D eigenvalue weighted by molar-refractivity contribution is 6.08. The van der Waals surface area contributed by atoms with Crippen LogP contribution in [0.15, 0.2) is 12.1 Å². The summed E-state index contributed by atoms with van der Waals surface area (Å²) in [4.78, 5) is 24.7. The van der Waals surface area contributed by atoms with Gasteiger partial charge in [-0.05, 0) is 17.5 Å². The number of imide groups is 1. The van der Waals surface area contributed by atoms with Crippen LogP contribution in [0, 0.1) is 5.82 Å². The zero-order valence-electron chi connectivity index (χ0n) is 12.7. The molecule has 1 aliphatic rings. The van der Waals surface area contributed by atoms with Crippen LogP contribution in [0.1, 0.15) is 31.7 Å². The van der Waals surface area contributed by atoms with E-state index in [0.717, 1.165) is 0 Å². The van der Waals surface area contributed by atoms with Crippen molar-refractivity contribution in [2.24, 2.45) is 7.05 Å². The van der Waals surface area contributed by atoms with E-state index < -0.39 is 6.03 Å². The highest BCUT2D eigenvalue weighted by Crippen LogP contribution is 2.31. The molecule has 6 nitrogen and oxygen atoms in total. The molecule has 1 N–H and O–H groups in total. The topological polar surface area (TPSA) is 67.2 Å². The van der Waals surface area contributed by atoms with Crippen molar-refractivity contribution in [1.29, 1.82) is 0 Å². The number of urea groups is 1. The number of aromatic nitrogens is 2. The Kier molecular flexibility index (Phi) is 3.35. The van der Waals surface area contributed by atoms with E-state index in [1.807, 2.05) is 13.8 Å². The Morgan fingerprint density at radius 3 is 2.68 bits per heavy atom. The van der Waals surface area contributed by atoms with Crippen molar-refractivity contribution in [3.05, 3.63) is 23.5 Å². The number of benzene rings is 1. The lowest BCUT2D eigenvalue weighted by atomic mass is 10.0. The summed E-state index contributed by atoms with van der Waals surface area (Å²) >= 11 is 0. The normalized spacial score (nSPS) is 15.8. The highest BCUT2D eigenvalue weighted by Gasteiger charge is 2.28. The predicted octanol–water partition coefficient (Wildman–Crippen LogP) is 2.28. The van der Waals surface area contributed by atoms with E-state index in [2.05, 4.69) is 10.4 Å². The highest BCUT2D eigenvalue weighted by atomic mass is 19.1. The van der Waals surface area contributed by atoms with Gasteiger partial charge in [-0.25, -0.2) is 9.18 Å². The lowest BCUT2D eigenvalue weighted by Crippen LogP contribution is -2.49. The van der Waals surface area contributed by atoms with Crippen molar-refractivity contribution in [2.75, 3.05) is 11.4 Å². The van der Waals surface area contributed by atoms with Crippen molar-refractivity contribution in [3.63, 3.8) is 0 Å². The monoisotopic (exact) mass is 304 g/mol. The molecule has 0 atom stereocenters. The van der Waals surface area contributed by atoms with Crippen LogP contribution in [0.25, 0.3) is 10.9 Å². The molecule has 3 rings (SSSR count). The number of anilines is 1. The minimum Gasteiger partial charge on any atom is -0.278 e. The van der Waals surface area contributed by atoms with Crippen molar-refractivity contribution in [1.82, 2.24) is 15.1 Å². The fourth-order valence-electron chi connectivity index (χ4n) is 2.68. The van der Waals surface area contributed by atoms with Gasteiger partial charge in [0.25, 0.3) is 0 Å². The maximum absolute atomic E-state index is 14.2. The van der Waals surface area contributed by atoms with Gasteiger partial charge in [0.15, 0.2) is 5.82 Å². The molecular formula is C15H17FN4O2. The van der Waals surface area contributed by atoms with E-state index in [1.54, 1.807) is 17.8 Å². The SMILES string of the molecule is CC(C)c1cc2c(N3CCC(=O)NC3=O)nn(C)c2cc1F. The molecule has 1 aliphatic heterocycles. The molecule has 0 radical (unpaired) electrons. The van der Waals surface area contributed by atoms with E-state index in [9.17, 15) is 14.0 Å². The fraction of sp³-hybridized carbons (Fsp3) is 0.400. The molecule has 1 aromatic heterocycles. The zero-order chi connectivity index (χ0) is 16.0. The average molecular weight is 304 g/mol. The van der Waals surface area contributed by atoms with Crippen molar-refractivity contribution >= 4 is 28.7 Å². The second-order valence-electron chi connectivity index (χ2n) is 5.75. The van der Waals surface area contributed by atoms with Gasteiger partial charge >= 0.3 is 6.03 Å². The molecule has 1 fully saturated rings. The third-order valence-electron chi connectivity index (χ3n) is 3.88. The summed E-state index contributed by atoms with van der Waals surface area (Å²) in [5.41, 5.74) is 1.19. The second kappa shape index (κ2) is 5.08. The van der Waals surface area contributed by atoms with Gasteiger partial charge in [-0.1, -0.05) is 13.8 Å². The molecule has 0 saturated carbocycles. The number of carbonyl (C=O) groups is 2. The smallest absolute Gasteiger partial charge is 0.278 e. The Labute approximate surface area is 126 Å². The maximum atomic E-state index is 14.2. The molecule has 2 heterocycles. The number of fused-ring (bicyclic) bond motifs is 1. The van der Waals surface area contributed by atoms with Crippen LogP contribution >= 0.6 is 0 Å². The van der Waals surface area contributed by atoms with Gasteiger partial charge in [-0.15, -0.1) is 0 Å².